The van der Waals surface area contributed by atoms with Crippen LogP contribution in [0, 0.1) is 6.92 Å². The Balaban J connectivity index is 1.93. The molecule has 0 radical (unpaired) electrons. The number of urea groups is 1. The highest BCUT2D eigenvalue weighted by Crippen LogP contribution is 2.17. The lowest BCUT2D eigenvalue weighted by atomic mass is 10.0. The van der Waals surface area contributed by atoms with E-state index in [4.69, 9.17) is 0 Å². The number of phenols is 1. The molecule has 0 unspecified atom stereocenters. The molecule has 0 spiro atoms. The van der Waals surface area contributed by atoms with Gasteiger partial charge in [0.2, 0.25) is 0 Å². The molecule has 2 aromatic carbocycles. The van der Waals surface area contributed by atoms with Crippen molar-refractivity contribution in [1.82, 2.24) is 10.0 Å². The van der Waals surface area contributed by atoms with Crippen molar-refractivity contribution in [3.63, 3.8) is 0 Å². The minimum atomic E-state index is -3.89. The van der Waals surface area contributed by atoms with Gasteiger partial charge in [0.15, 0.2) is 0 Å². The fourth-order valence-electron chi connectivity index (χ4n) is 2.44. The molecule has 2 aromatic rings. The normalized spacial score (nSPS) is 11.1. The highest BCUT2D eigenvalue weighted by atomic mass is 32.2. The molecule has 3 N–H and O–H groups in total. The van der Waals surface area contributed by atoms with Crippen molar-refractivity contribution in [2.24, 2.45) is 0 Å². The smallest absolute Gasteiger partial charge is 0.328 e. The zero-order valence-electron chi connectivity index (χ0n) is 14.2. The van der Waals surface area contributed by atoms with Crippen LogP contribution in [0.3, 0.4) is 0 Å². The summed E-state index contributed by atoms with van der Waals surface area (Å²) in [7, 11) is -3.89. The van der Waals surface area contributed by atoms with Gasteiger partial charge in [0.05, 0.1) is 4.90 Å². The molecule has 134 valence electrons. The zero-order valence-corrected chi connectivity index (χ0v) is 15.1. The van der Waals surface area contributed by atoms with Crippen molar-refractivity contribution in [3.8, 4) is 5.75 Å². The van der Waals surface area contributed by atoms with Crippen LogP contribution >= 0.6 is 0 Å². The van der Waals surface area contributed by atoms with E-state index in [9.17, 15) is 18.3 Å². The van der Waals surface area contributed by atoms with Gasteiger partial charge in [-0.05, 0) is 55.2 Å². The summed E-state index contributed by atoms with van der Waals surface area (Å²) < 4.78 is 26.2. The number of phenolic OH excluding ortho intramolecular Hbond substituents is 1. The van der Waals surface area contributed by atoms with Crippen LogP contribution < -0.4 is 10.0 Å². The third-order valence-electron chi connectivity index (χ3n) is 3.81. The average molecular weight is 362 g/mol. The van der Waals surface area contributed by atoms with Gasteiger partial charge in [-0.15, -0.1) is 0 Å². The Bertz CT molecular complexity index is 846. The summed E-state index contributed by atoms with van der Waals surface area (Å²) in [6, 6.07) is 10.6. The standard InChI is InChI=1S/C18H22N2O4S/c1-3-14-6-7-16(21)12-15(14)10-11-19-18(22)20-25(23,24)17-8-4-13(2)5-9-17/h4-9,12,21H,3,10-11H2,1-2H3,(H2,19,20,22). The quantitative estimate of drug-likeness (QED) is 0.736. The molecule has 0 atom stereocenters. The molecular formula is C18H22N2O4S. The fourth-order valence-corrected chi connectivity index (χ4v) is 3.36. The van der Waals surface area contributed by atoms with E-state index in [-0.39, 0.29) is 17.2 Å². The molecule has 0 aromatic heterocycles. The number of aromatic hydroxyl groups is 1. The van der Waals surface area contributed by atoms with Crippen LogP contribution in [-0.2, 0) is 22.9 Å². The molecule has 6 nitrogen and oxygen atoms in total. The zero-order chi connectivity index (χ0) is 18.4. The van der Waals surface area contributed by atoms with Crippen molar-refractivity contribution in [1.29, 1.82) is 0 Å². The van der Waals surface area contributed by atoms with Gasteiger partial charge < -0.3 is 10.4 Å². The van der Waals surface area contributed by atoms with Crippen molar-refractivity contribution < 1.29 is 18.3 Å². The second-order valence-electron chi connectivity index (χ2n) is 5.73. The Morgan fingerprint density at radius 2 is 1.76 bits per heavy atom. The van der Waals surface area contributed by atoms with Gasteiger partial charge in [-0.2, -0.15) is 0 Å². The highest BCUT2D eigenvalue weighted by molar-refractivity contribution is 7.90. The topological polar surface area (TPSA) is 95.5 Å². The number of aryl methyl sites for hydroxylation is 2. The number of nitrogens with one attached hydrogen (secondary N) is 2. The Morgan fingerprint density at radius 1 is 1.08 bits per heavy atom. The molecule has 2 rings (SSSR count). The SMILES string of the molecule is CCc1ccc(O)cc1CCNC(=O)NS(=O)(=O)c1ccc(C)cc1. The van der Waals surface area contributed by atoms with Gasteiger partial charge in [0, 0.05) is 6.54 Å². The summed E-state index contributed by atoms with van der Waals surface area (Å²) in [5, 5.41) is 12.1. The number of carbonyl (C=O) groups is 1. The first-order valence-corrected chi connectivity index (χ1v) is 9.48. The van der Waals surface area contributed by atoms with Crippen LogP contribution in [0.1, 0.15) is 23.6 Å². The lowest BCUT2D eigenvalue weighted by molar-refractivity contribution is 0.246. The Hall–Kier alpha value is -2.54. The van der Waals surface area contributed by atoms with Crippen molar-refractivity contribution in [2.45, 2.75) is 31.6 Å². The lowest BCUT2D eigenvalue weighted by Crippen LogP contribution is -2.40. The van der Waals surface area contributed by atoms with E-state index in [1.807, 2.05) is 24.6 Å². The first-order chi connectivity index (χ1) is 11.8. The summed E-state index contributed by atoms with van der Waals surface area (Å²) in [5.41, 5.74) is 2.93. The van der Waals surface area contributed by atoms with E-state index in [2.05, 4.69) is 5.32 Å². The van der Waals surface area contributed by atoms with Crippen molar-refractivity contribution >= 4 is 16.1 Å². The number of rotatable bonds is 6. The Morgan fingerprint density at radius 3 is 2.40 bits per heavy atom. The maximum absolute atomic E-state index is 12.1. The van der Waals surface area contributed by atoms with Gasteiger partial charge in [0.25, 0.3) is 10.0 Å². The molecule has 0 bridgehead atoms. The van der Waals surface area contributed by atoms with E-state index < -0.39 is 16.1 Å². The molecule has 0 saturated carbocycles. The Kier molecular flexibility index (Phi) is 6.03. The molecule has 0 aliphatic carbocycles. The van der Waals surface area contributed by atoms with E-state index in [0.29, 0.717) is 6.42 Å². The second kappa shape index (κ2) is 8.02. The molecule has 0 aliphatic rings. The van der Waals surface area contributed by atoms with Gasteiger partial charge >= 0.3 is 6.03 Å². The minimum absolute atomic E-state index is 0.0366. The molecular weight excluding hydrogens is 340 g/mol. The number of hydrogen-bond acceptors (Lipinski definition) is 4. The molecule has 0 fully saturated rings. The fraction of sp³-hybridized carbons (Fsp3) is 0.278. The highest BCUT2D eigenvalue weighted by Gasteiger charge is 2.17. The van der Waals surface area contributed by atoms with E-state index in [1.165, 1.54) is 12.1 Å². The monoisotopic (exact) mass is 362 g/mol. The van der Waals surface area contributed by atoms with E-state index >= 15 is 0 Å². The maximum Gasteiger partial charge on any atom is 0.328 e. The predicted octanol–water partition coefficient (Wildman–Crippen LogP) is 2.49. The van der Waals surface area contributed by atoms with Crippen molar-refractivity contribution in [2.75, 3.05) is 6.54 Å². The first-order valence-electron chi connectivity index (χ1n) is 8.00. The summed E-state index contributed by atoms with van der Waals surface area (Å²) in [6.45, 7) is 4.11. The van der Waals surface area contributed by atoms with Crippen LogP contribution in [0.2, 0.25) is 0 Å². The van der Waals surface area contributed by atoms with Crippen LogP contribution in [-0.4, -0.2) is 26.1 Å². The molecule has 0 saturated heterocycles. The van der Waals surface area contributed by atoms with Crippen LogP contribution in [0.4, 0.5) is 4.79 Å². The molecule has 2 amide bonds. The number of benzene rings is 2. The van der Waals surface area contributed by atoms with E-state index in [1.54, 1.807) is 24.3 Å². The molecule has 25 heavy (non-hydrogen) atoms. The molecule has 7 heteroatoms. The summed E-state index contributed by atoms with van der Waals surface area (Å²) in [5.74, 6) is 0.165. The van der Waals surface area contributed by atoms with Gasteiger partial charge in [-0.25, -0.2) is 17.9 Å². The van der Waals surface area contributed by atoms with Gasteiger partial charge in [-0.3, -0.25) is 0 Å². The predicted molar refractivity (Wildman–Crippen MR) is 96.1 cm³/mol. The number of carbonyl (C=O) groups excluding carboxylic acids is 1. The third-order valence-corrected chi connectivity index (χ3v) is 5.16. The summed E-state index contributed by atoms with van der Waals surface area (Å²) >= 11 is 0. The van der Waals surface area contributed by atoms with Crippen LogP contribution in [0.25, 0.3) is 0 Å². The molecule has 0 heterocycles. The first kappa shape index (κ1) is 18.8. The lowest BCUT2D eigenvalue weighted by Gasteiger charge is -2.11. The van der Waals surface area contributed by atoms with E-state index in [0.717, 1.165) is 23.1 Å². The van der Waals surface area contributed by atoms with Crippen LogP contribution in [0.5, 0.6) is 5.75 Å². The third kappa shape index (κ3) is 5.22. The minimum Gasteiger partial charge on any atom is -0.508 e. The number of sulfonamides is 1. The Labute approximate surface area is 147 Å². The summed E-state index contributed by atoms with van der Waals surface area (Å²) in [4.78, 5) is 11.9. The van der Waals surface area contributed by atoms with Gasteiger partial charge in [-0.1, -0.05) is 30.7 Å². The summed E-state index contributed by atoms with van der Waals surface area (Å²) in [6.07, 6.45) is 1.30. The van der Waals surface area contributed by atoms with Gasteiger partial charge in [0.1, 0.15) is 5.75 Å². The number of hydrogen-bond donors (Lipinski definition) is 3. The number of amides is 2. The van der Waals surface area contributed by atoms with Crippen LogP contribution in [0.15, 0.2) is 47.4 Å². The van der Waals surface area contributed by atoms with Crippen molar-refractivity contribution in [3.05, 3.63) is 59.2 Å². The maximum atomic E-state index is 12.1. The second-order valence-corrected chi connectivity index (χ2v) is 7.41. The molecule has 0 aliphatic heterocycles. The largest absolute Gasteiger partial charge is 0.508 e. The average Bonchev–Trinajstić information content (AvgIpc) is 2.55.